The zero-order valence-corrected chi connectivity index (χ0v) is 13.4. The zero-order chi connectivity index (χ0) is 16.4. The molecule has 0 saturated heterocycles. The van der Waals surface area contributed by atoms with Crippen molar-refractivity contribution < 1.29 is 9.53 Å². The van der Waals surface area contributed by atoms with Crippen LogP contribution in [0.5, 0.6) is 5.75 Å². The molecule has 4 heteroatoms. The van der Waals surface area contributed by atoms with Crippen LogP contribution in [0.3, 0.4) is 0 Å². The van der Waals surface area contributed by atoms with Crippen LogP contribution < -0.4 is 10.1 Å². The Balaban J connectivity index is 1.48. The van der Waals surface area contributed by atoms with Crippen molar-refractivity contribution in [1.82, 2.24) is 4.98 Å². The van der Waals surface area contributed by atoms with E-state index >= 15 is 0 Å². The lowest BCUT2D eigenvalue weighted by Crippen LogP contribution is -2.13. The van der Waals surface area contributed by atoms with E-state index in [1.807, 2.05) is 54.6 Å². The number of ether oxygens (including phenoxy) is 1. The Bertz CT molecular complexity index is 830. The van der Waals surface area contributed by atoms with Gasteiger partial charge in [-0.3, -0.25) is 4.79 Å². The summed E-state index contributed by atoms with van der Waals surface area (Å²) in [6.07, 6.45) is 5.02. The Hall–Kier alpha value is -2.75. The highest BCUT2D eigenvalue weighted by atomic mass is 16.5. The summed E-state index contributed by atoms with van der Waals surface area (Å²) in [5.74, 6) is 0.667. The number of hydrogen-bond acceptors (Lipinski definition) is 2. The van der Waals surface area contributed by atoms with E-state index in [1.54, 1.807) is 0 Å². The van der Waals surface area contributed by atoms with Crippen molar-refractivity contribution >= 4 is 22.5 Å². The third-order valence-electron chi connectivity index (χ3n) is 4.47. The fraction of sp³-hybridized carbons (Fsp3) is 0.250. The largest absolute Gasteiger partial charge is 0.490 e. The van der Waals surface area contributed by atoms with E-state index in [-0.39, 0.29) is 5.91 Å². The molecule has 1 aliphatic rings. The predicted molar refractivity (Wildman–Crippen MR) is 95.6 cm³/mol. The number of rotatable bonds is 4. The molecule has 4 rings (SSSR count). The van der Waals surface area contributed by atoms with E-state index in [2.05, 4.69) is 10.3 Å². The van der Waals surface area contributed by atoms with Crippen LogP contribution in [0.4, 0.5) is 5.69 Å². The highest BCUT2D eigenvalue weighted by Crippen LogP contribution is 2.26. The van der Waals surface area contributed by atoms with Gasteiger partial charge in [-0.05, 0) is 49.9 Å². The summed E-state index contributed by atoms with van der Waals surface area (Å²) >= 11 is 0. The normalized spacial score (nSPS) is 14.8. The standard InChI is InChI=1S/C20H20N2O2/c23-20(19-12-14-6-1-4-11-18(14)22-19)21-15-7-5-10-17(13-15)24-16-8-2-3-9-16/h1,4-7,10-13,16,22H,2-3,8-9H2,(H,21,23). The maximum atomic E-state index is 12.5. The average molecular weight is 320 g/mol. The van der Waals surface area contributed by atoms with Gasteiger partial charge in [0.25, 0.3) is 5.91 Å². The highest BCUT2D eigenvalue weighted by Gasteiger charge is 2.16. The third kappa shape index (κ3) is 3.13. The van der Waals surface area contributed by atoms with Gasteiger partial charge in [-0.2, -0.15) is 0 Å². The van der Waals surface area contributed by atoms with Gasteiger partial charge in [-0.15, -0.1) is 0 Å². The van der Waals surface area contributed by atoms with Crippen LogP contribution in [-0.4, -0.2) is 17.0 Å². The van der Waals surface area contributed by atoms with Crippen LogP contribution >= 0.6 is 0 Å². The van der Waals surface area contributed by atoms with E-state index in [1.165, 1.54) is 12.8 Å². The number of para-hydroxylation sites is 1. The van der Waals surface area contributed by atoms with Gasteiger partial charge < -0.3 is 15.0 Å². The van der Waals surface area contributed by atoms with Crippen LogP contribution in [0, 0.1) is 0 Å². The maximum absolute atomic E-state index is 12.5. The van der Waals surface area contributed by atoms with Crippen molar-refractivity contribution in [3.05, 3.63) is 60.3 Å². The lowest BCUT2D eigenvalue weighted by atomic mass is 10.2. The number of carbonyl (C=O) groups excluding carboxylic acids is 1. The summed E-state index contributed by atoms with van der Waals surface area (Å²) in [6, 6.07) is 17.3. The van der Waals surface area contributed by atoms with Crippen molar-refractivity contribution in [2.75, 3.05) is 5.32 Å². The molecule has 0 aliphatic heterocycles. The number of fused-ring (bicyclic) bond motifs is 1. The predicted octanol–water partition coefficient (Wildman–Crippen LogP) is 4.74. The summed E-state index contributed by atoms with van der Waals surface area (Å²) < 4.78 is 5.99. The van der Waals surface area contributed by atoms with E-state index in [9.17, 15) is 4.79 Å². The summed E-state index contributed by atoms with van der Waals surface area (Å²) in [4.78, 5) is 15.6. The molecule has 0 bridgehead atoms. The van der Waals surface area contributed by atoms with Gasteiger partial charge >= 0.3 is 0 Å². The van der Waals surface area contributed by atoms with Crippen LogP contribution in [-0.2, 0) is 0 Å². The second-order valence-electron chi connectivity index (χ2n) is 6.28. The minimum atomic E-state index is -0.149. The number of anilines is 1. The molecule has 0 radical (unpaired) electrons. The van der Waals surface area contributed by atoms with Gasteiger partial charge in [-0.1, -0.05) is 24.3 Å². The molecule has 3 aromatic rings. The molecule has 1 fully saturated rings. The number of H-pyrrole nitrogens is 1. The average Bonchev–Trinajstić information content (AvgIpc) is 3.24. The fourth-order valence-electron chi connectivity index (χ4n) is 3.24. The number of aromatic amines is 1. The van der Waals surface area contributed by atoms with E-state index in [0.29, 0.717) is 11.8 Å². The van der Waals surface area contributed by atoms with Gasteiger partial charge in [0.1, 0.15) is 11.4 Å². The Morgan fingerprint density at radius 2 is 1.88 bits per heavy atom. The fourth-order valence-corrected chi connectivity index (χ4v) is 3.24. The molecule has 2 N–H and O–H groups in total. The smallest absolute Gasteiger partial charge is 0.272 e. The number of aromatic nitrogens is 1. The molecule has 0 atom stereocenters. The summed E-state index contributed by atoms with van der Waals surface area (Å²) in [6.45, 7) is 0. The Labute approximate surface area is 140 Å². The van der Waals surface area contributed by atoms with Crippen molar-refractivity contribution in [3.8, 4) is 5.75 Å². The summed E-state index contributed by atoms with van der Waals surface area (Å²) in [5.41, 5.74) is 2.26. The van der Waals surface area contributed by atoms with Gasteiger partial charge in [0.05, 0.1) is 6.10 Å². The molecule has 1 amide bonds. The molecule has 24 heavy (non-hydrogen) atoms. The zero-order valence-electron chi connectivity index (χ0n) is 13.4. The first kappa shape index (κ1) is 14.8. The molecule has 1 aromatic heterocycles. The molecule has 1 saturated carbocycles. The second kappa shape index (κ2) is 6.40. The summed E-state index contributed by atoms with van der Waals surface area (Å²) in [7, 11) is 0. The van der Waals surface area contributed by atoms with E-state index < -0.39 is 0 Å². The highest BCUT2D eigenvalue weighted by molar-refractivity contribution is 6.05. The van der Waals surface area contributed by atoms with Gasteiger partial charge in [0, 0.05) is 22.7 Å². The number of amides is 1. The minimum Gasteiger partial charge on any atom is -0.490 e. The van der Waals surface area contributed by atoms with E-state index in [4.69, 9.17) is 4.74 Å². The molecule has 4 nitrogen and oxygen atoms in total. The Morgan fingerprint density at radius 3 is 2.71 bits per heavy atom. The second-order valence-corrected chi connectivity index (χ2v) is 6.28. The van der Waals surface area contributed by atoms with Crippen molar-refractivity contribution in [3.63, 3.8) is 0 Å². The lowest BCUT2D eigenvalue weighted by Gasteiger charge is -2.14. The Kier molecular flexibility index (Phi) is 3.95. The molecule has 0 unspecified atom stereocenters. The Morgan fingerprint density at radius 1 is 1.04 bits per heavy atom. The quantitative estimate of drug-likeness (QED) is 0.729. The van der Waals surface area contributed by atoms with Crippen LogP contribution in [0.1, 0.15) is 36.2 Å². The van der Waals surface area contributed by atoms with Gasteiger partial charge in [0.2, 0.25) is 0 Å². The molecule has 1 aliphatic carbocycles. The van der Waals surface area contributed by atoms with Crippen LogP contribution in [0.15, 0.2) is 54.6 Å². The number of nitrogens with one attached hydrogen (secondary N) is 2. The molecular weight excluding hydrogens is 300 g/mol. The monoisotopic (exact) mass is 320 g/mol. The third-order valence-corrected chi connectivity index (χ3v) is 4.47. The summed E-state index contributed by atoms with van der Waals surface area (Å²) in [5, 5.41) is 3.96. The van der Waals surface area contributed by atoms with Crippen molar-refractivity contribution in [2.24, 2.45) is 0 Å². The molecule has 1 heterocycles. The van der Waals surface area contributed by atoms with Gasteiger partial charge in [-0.25, -0.2) is 0 Å². The van der Waals surface area contributed by atoms with E-state index in [0.717, 1.165) is 35.2 Å². The van der Waals surface area contributed by atoms with Gasteiger partial charge in [0.15, 0.2) is 0 Å². The first-order valence-electron chi connectivity index (χ1n) is 8.44. The number of carbonyl (C=O) groups is 1. The van der Waals surface area contributed by atoms with Crippen molar-refractivity contribution in [2.45, 2.75) is 31.8 Å². The molecular formula is C20H20N2O2. The van der Waals surface area contributed by atoms with Crippen molar-refractivity contribution in [1.29, 1.82) is 0 Å². The lowest BCUT2D eigenvalue weighted by molar-refractivity contribution is 0.102. The first-order valence-corrected chi connectivity index (χ1v) is 8.44. The number of hydrogen-bond donors (Lipinski definition) is 2. The first-order chi connectivity index (χ1) is 11.8. The minimum absolute atomic E-state index is 0.149. The molecule has 122 valence electrons. The van der Waals surface area contributed by atoms with Crippen LogP contribution in [0.2, 0.25) is 0 Å². The molecule has 2 aromatic carbocycles. The number of benzene rings is 2. The maximum Gasteiger partial charge on any atom is 0.272 e. The topological polar surface area (TPSA) is 54.1 Å². The SMILES string of the molecule is O=C(Nc1cccc(OC2CCCC2)c1)c1cc2ccccc2[nH]1. The molecule has 0 spiro atoms. The van der Waals surface area contributed by atoms with Crippen LogP contribution in [0.25, 0.3) is 10.9 Å².